The van der Waals surface area contributed by atoms with E-state index in [1.54, 1.807) is 18.2 Å². The van der Waals surface area contributed by atoms with Crippen LogP contribution in [0.2, 0.25) is 5.02 Å². The summed E-state index contributed by atoms with van der Waals surface area (Å²) in [5, 5.41) is 4.33. The van der Waals surface area contributed by atoms with Gasteiger partial charge >= 0.3 is 5.97 Å². The number of hydrogen-bond donors (Lipinski definition) is 1. The number of rotatable bonds is 5. The van der Waals surface area contributed by atoms with Gasteiger partial charge in [-0.25, -0.2) is 0 Å². The maximum atomic E-state index is 12.3. The fourth-order valence-electron chi connectivity index (χ4n) is 3.34. The SMILES string of the molecule is C[C@H](NC(=O)COC(=O)[C@@H]1COc2ccc(Cl)cc2C1)c1cc2ccccc2o1. The molecule has 1 aromatic heterocycles. The smallest absolute Gasteiger partial charge is 0.313 e. The van der Waals surface area contributed by atoms with Gasteiger partial charge in [0.05, 0.1) is 12.0 Å². The van der Waals surface area contributed by atoms with Crippen LogP contribution < -0.4 is 10.1 Å². The number of furan rings is 1. The van der Waals surface area contributed by atoms with E-state index in [1.807, 2.05) is 37.3 Å². The molecule has 3 aromatic rings. The Hall–Kier alpha value is -2.99. The largest absolute Gasteiger partial charge is 0.492 e. The third-order valence-corrected chi connectivity index (χ3v) is 5.09. The average Bonchev–Trinajstić information content (AvgIpc) is 3.16. The number of carbonyl (C=O) groups is 2. The van der Waals surface area contributed by atoms with Gasteiger partial charge in [0.15, 0.2) is 6.61 Å². The molecule has 7 heteroatoms. The predicted molar refractivity (Wildman–Crippen MR) is 108 cm³/mol. The van der Waals surface area contributed by atoms with Crippen LogP contribution in [0.1, 0.15) is 24.3 Å². The average molecular weight is 414 g/mol. The van der Waals surface area contributed by atoms with E-state index in [0.29, 0.717) is 17.2 Å². The van der Waals surface area contributed by atoms with E-state index in [9.17, 15) is 9.59 Å². The first kappa shape index (κ1) is 19.3. The number of benzene rings is 2. The second-order valence-corrected chi connectivity index (χ2v) is 7.48. The van der Waals surface area contributed by atoms with Crippen molar-refractivity contribution in [3.05, 3.63) is 64.9 Å². The Bertz CT molecular complexity index is 1030. The molecule has 2 heterocycles. The molecule has 0 bridgehead atoms. The van der Waals surface area contributed by atoms with E-state index in [0.717, 1.165) is 22.3 Å². The van der Waals surface area contributed by atoms with Gasteiger partial charge in [-0.2, -0.15) is 0 Å². The van der Waals surface area contributed by atoms with Gasteiger partial charge in [-0.15, -0.1) is 0 Å². The van der Waals surface area contributed by atoms with Gasteiger partial charge in [-0.3, -0.25) is 9.59 Å². The van der Waals surface area contributed by atoms with E-state index in [4.69, 9.17) is 25.5 Å². The Balaban J connectivity index is 1.29. The molecule has 0 aliphatic carbocycles. The fraction of sp³-hybridized carbons (Fsp3) is 0.273. The van der Waals surface area contributed by atoms with E-state index < -0.39 is 17.8 Å². The van der Waals surface area contributed by atoms with Crippen LogP contribution in [0.4, 0.5) is 0 Å². The minimum Gasteiger partial charge on any atom is -0.492 e. The summed E-state index contributed by atoms with van der Waals surface area (Å²) in [5.41, 5.74) is 1.61. The number of hydrogen-bond acceptors (Lipinski definition) is 5. The molecular weight excluding hydrogens is 394 g/mol. The zero-order valence-electron chi connectivity index (χ0n) is 15.8. The number of halogens is 1. The lowest BCUT2D eigenvalue weighted by molar-refractivity contribution is -0.154. The van der Waals surface area contributed by atoms with E-state index >= 15 is 0 Å². The number of fused-ring (bicyclic) bond motifs is 2. The van der Waals surface area contributed by atoms with Crippen molar-refractivity contribution in [2.24, 2.45) is 5.92 Å². The van der Waals surface area contributed by atoms with Crippen molar-refractivity contribution in [2.45, 2.75) is 19.4 Å². The van der Waals surface area contributed by atoms with Gasteiger partial charge < -0.3 is 19.2 Å². The molecule has 150 valence electrons. The van der Waals surface area contributed by atoms with Crippen LogP contribution in [0.15, 0.2) is 52.9 Å². The normalized spacial score (nSPS) is 16.6. The third-order valence-electron chi connectivity index (χ3n) is 4.86. The Morgan fingerprint density at radius 2 is 2.07 bits per heavy atom. The fourth-order valence-corrected chi connectivity index (χ4v) is 3.53. The standard InChI is InChI=1S/C22H20ClNO5/c1-13(20-10-14-4-2-3-5-19(14)29-20)24-21(25)12-28-22(26)16-8-15-9-17(23)6-7-18(15)27-11-16/h2-7,9-10,13,16H,8,11-12H2,1H3,(H,24,25)/t13-,16-/m0/s1. The second kappa shape index (κ2) is 8.17. The Kier molecular flexibility index (Phi) is 5.45. The molecule has 1 amide bonds. The highest BCUT2D eigenvalue weighted by molar-refractivity contribution is 6.30. The molecule has 29 heavy (non-hydrogen) atoms. The molecular formula is C22H20ClNO5. The highest BCUT2D eigenvalue weighted by Crippen LogP contribution is 2.30. The van der Waals surface area contributed by atoms with Crippen LogP contribution in [-0.4, -0.2) is 25.1 Å². The first-order valence-electron chi connectivity index (χ1n) is 9.35. The van der Waals surface area contributed by atoms with Gasteiger partial charge in [-0.05, 0) is 49.2 Å². The molecule has 0 fully saturated rings. The maximum absolute atomic E-state index is 12.3. The number of esters is 1. The van der Waals surface area contributed by atoms with Crippen molar-refractivity contribution < 1.29 is 23.5 Å². The highest BCUT2D eigenvalue weighted by Gasteiger charge is 2.28. The van der Waals surface area contributed by atoms with Crippen LogP contribution in [0.25, 0.3) is 11.0 Å². The molecule has 0 spiro atoms. The van der Waals surface area contributed by atoms with Crippen molar-refractivity contribution in [3.8, 4) is 5.75 Å². The Morgan fingerprint density at radius 3 is 2.90 bits per heavy atom. The molecule has 0 saturated heterocycles. The van der Waals surface area contributed by atoms with Crippen LogP contribution >= 0.6 is 11.6 Å². The van der Waals surface area contributed by atoms with E-state index in [2.05, 4.69) is 5.32 Å². The van der Waals surface area contributed by atoms with Crippen LogP contribution in [0.3, 0.4) is 0 Å². The molecule has 0 radical (unpaired) electrons. The monoisotopic (exact) mass is 413 g/mol. The van der Waals surface area contributed by atoms with Crippen molar-refractivity contribution in [3.63, 3.8) is 0 Å². The lowest BCUT2D eigenvalue weighted by atomic mass is 9.97. The number of carbonyl (C=O) groups excluding carboxylic acids is 2. The number of amides is 1. The predicted octanol–water partition coefficient (Wildman–Crippen LogP) is 4.06. The summed E-state index contributed by atoms with van der Waals surface area (Å²) in [4.78, 5) is 24.5. The van der Waals surface area contributed by atoms with Gasteiger partial charge in [-0.1, -0.05) is 29.8 Å². The lowest BCUT2D eigenvalue weighted by Gasteiger charge is -2.24. The zero-order chi connectivity index (χ0) is 20.4. The van der Waals surface area contributed by atoms with Crippen LogP contribution in [0, 0.1) is 5.92 Å². The summed E-state index contributed by atoms with van der Waals surface area (Å²) < 4.78 is 16.5. The summed E-state index contributed by atoms with van der Waals surface area (Å²) in [6.45, 7) is 1.67. The quantitative estimate of drug-likeness (QED) is 0.638. The van der Waals surface area contributed by atoms with Crippen LogP contribution in [-0.2, 0) is 20.7 Å². The first-order chi connectivity index (χ1) is 14.0. The third kappa shape index (κ3) is 4.38. The molecule has 2 aromatic carbocycles. The molecule has 6 nitrogen and oxygen atoms in total. The number of ether oxygens (including phenoxy) is 2. The minimum absolute atomic E-state index is 0.213. The summed E-state index contributed by atoms with van der Waals surface area (Å²) >= 11 is 6.00. The minimum atomic E-state index is -0.471. The van der Waals surface area contributed by atoms with Gasteiger partial charge in [0, 0.05) is 10.4 Å². The van der Waals surface area contributed by atoms with Gasteiger partial charge in [0.1, 0.15) is 23.7 Å². The molecule has 1 aliphatic heterocycles. The number of para-hydroxylation sites is 1. The summed E-state index contributed by atoms with van der Waals surface area (Å²) in [6.07, 6.45) is 0.464. The molecule has 0 unspecified atom stereocenters. The van der Waals surface area contributed by atoms with Crippen LogP contribution in [0.5, 0.6) is 5.75 Å². The Morgan fingerprint density at radius 1 is 1.24 bits per heavy atom. The summed E-state index contributed by atoms with van der Waals surface area (Å²) in [5.74, 6) is 0.0195. The molecule has 1 aliphatic rings. The molecule has 1 N–H and O–H groups in total. The van der Waals surface area contributed by atoms with Crippen molar-refractivity contribution in [1.82, 2.24) is 5.32 Å². The van der Waals surface area contributed by atoms with E-state index in [1.165, 1.54) is 0 Å². The highest BCUT2D eigenvalue weighted by atomic mass is 35.5. The summed E-state index contributed by atoms with van der Waals surface area (Å²) in [7, 11) is 0. The van der Waals surface area contributed by atoms with Crippen molar-refractivity contribution >= 4 is 34.4 Å². The first-order valence-corrected chi connectivity index (χ1v) is 9.73. The molecule has 2 atom stereocenters. The Labute approximate surface area is 172 Å². The maximum Gasteiger partial charge on any atom is 0.313 e. The molecule has 0 saturated carbocycles. The zero-order valence-corrected chi connectivity index (χ0v) is 16.6. The summed E-state index contributed by atoms with van der Waals surface area (Å²) in [6, 6.07) is 14.5. The molecule has 4 rings (SSSR count). The second-order valence-electron chi connectivity index (χ2n) is 7.05. The van der Waals surface area contributed by atoms with E-state index in [-0.39, 0.29) is 19.3 Å². The van der Waals surface area contributed by atoms with Gasteiger partial charge in [0.2, 0.25) is 0 Å². The van der Waals surface area contributed by atoms with Crippen molar-refractivity contribution in [1.29, 1.82) is 0 Å². The topological polar surface area (TPSA) is 77.8 Å². The lowest BCUT2D eigenvalue weighted by Crippen LogP contribution is -2.34. The van der Waals surface area contributed by atoms with Gasteiger partial charge in [0.25, 0.3) is 5.91 Å². The number of nitrogens with one attached hydrogen (secondary N) is 1. The van der Waals surface area contributed by atoms with Crippen molar-refractivity contribution in [2.75, 3.05) is 13.2 Å².